The van der Waals surface area contributed by atoms with Crippen molar-refractivity contribution in [3.8, 4) is 33.8 Å². The van der Waals surface area contributed by atoms with Crippen LogP contribution in [0.1, 0.15) is 49.7 Å². The van der Waals surface area contributed by atoms with Gasteiger partial charge in [-0.3, -0.25) is 9.59 Å². The van der Waals surface area contributed by atoms with E-state index in [1.54, 1.807) is 38.5 Å². The number of halogens is 4. The van der Waals surface area contributed by atoms with Gasteiger partial charge < -0.3 is 19.3 Å². The van der Waals surface area contributed by atoms with Crippen molar-refractivity contribution >= 4 is 82.1 Å². The number of amides is 2. The molecular weight excluding hydrogens is 770 g/mol. The molecule has 2 fully saturated rings. The highest BCUT2D eigenvalue weighted by molar-refractivity contribution is 7.99. The number of likely N-dealkylation sites (tertiary alicyclic amines) is 2. The highest BCUT2D eigenvalue weighted by Gasteiger charge is 2.24. The van der Waals surface area contributed by atoms with E-state index >= 15 is 0 Å². The van der Waals surface area contributed by atoms with Gasteiger partial charge in [-0.2, -0.15) is 0 Å². The van der Waals surface area contributed by atoms with E-state index < -0.39 is 0 Å². The predicted octanol–water partition coefficient (Wildman–Crippen LogP) is 11.9. The molecule has 6 nitrogen and oxygen atoms in total. The Kier molecular flexibility index (Phi) is 13.4. The molecule has 0 saturated carbocycles. The number of ether oxygens (including phenoxy) is 2. The van der Waals surface area contributed by atoms with Crippen LogP contribution in [-0.2, 0) is 9.59 Å². The molecule has 2 aliphatic rings. The third kappa shape index (κ3) is 8.87. The Morgan fingerprint density at radius 3 is 1.32 bits per heavy atom. The number of piperidine rings is 2. The van der Waals surface area contributed by atoms with Gasteiger partial charge in [0.2, 0.25) is 11.8 Å². The lowest BCUT2D eigenvalue weighted by Gasteiger charge is -2.25. The first-order valence-electron chi connectivity index (χ1n) is 17.6. The predicted molar refractivity (Wildman–Crippen MR) is 220 cm³/mol. The van der Waals surface area contributed by atoms with Crippen molar-refractivity contribution < 1.29 is 19.1 Å². The van der Waals surface area contributed by atoms with Crippen molar-refractivity contribution in [3.63, 3.8) is 0 Å². The molecular formula is C42H40Cl4N2O4S. The molecule has 0 aliphatic carbocycles. The molecule has 0 unspecified atom stereocenters. The maximum absolute atomic E-state index is 13.2. The van der Waals surface area contributed by atoms with Crippen LogP contribution in [0.2, 0.25) is 20.1 Å². The van der Waals surface area contributed by atoms with E-state index in [2.05, 4.69) is 0 Å². The van der Waals surface area contributed by atoms with E-state index in [-0.39, 0.29) is 21.9 Å². The molecule has 6 rings (SSSR count). The Hall–Kier alpha value is -3.59. The molecule has 4 aromatic carbocycles. The first-order chi connectivity index (χ1) is 25.7. The zero-order chi connectivity index (χ0) is 37.5. The van der Waals surface area contributed by atoms with E-state index in [1.165, 1.54) is 11.8 Å². The third-order valence-corrected chi connectivity index (χ3v) is 12.6. The van der Waals surface area contributed by atoms with Gasteiger partial charge in [0.25, 0.3) is 0 Å². The Labute approximate surface area is 335 Å². The number of hydrogen-bond donors (Lipinski definition) is 0. The second-order valence-corrected chi connectivity index (χ2v) is 15.5. The van der Waals surface area contributed by atoms with Crippen LogP contribution in [0.4, 0.5) is 0 Å². The number of methoxy groups -OCH3 is 2. The van der Waals surface area contributed by atoms with E-state index in [1.807, 2.05) is 70.5 Å². The first-order valence-corrected chi connectivity index (χ1v) is 20.0. The van der Waals surface area contributed by atoms with Crippen LogP contribution in [0.3, 0.4) is 0 Å². The number of rotatable bonds is 10. The molecule has 2 aliphatic heterocycles. The van der Waals surface area contributed by atoms with Crippen LogP contribution in [-0.4, -0.2) is 62.0 Å². The van der Waals surface area contributed by atoms with Crippen LogP contribution in [0.25, 0.3) is 34.4 Å². The summed E-state index contributed by atoms with van der Waals surface area (Å²) in [5, 5.41) is 1.15. The first kappa shape index (κ1) is 39.1. The molecule has 0 radical (unpaired) electrons. The average molecular weight is 811 g/mol. The average Bonchev–Trinajstić information content (AvgIpc) is 3.20. The van der Waals surface area contributed by atoms with Gasteiger partial charge >= 0.3 is 0 Å². The van der Waals surface area contributed by atoms with Gasteiger partial charge in [0, 0.05) is 70.4 Å². The van der Waals surface area contributed by atoms with Crippen molar-refractivity contribution in [1.29, 1.82) is 0 Å². The number of carbonyl (C=O) groups excluding carboxylic acids is 2. The Balaban J connectivity index is 1.46. The summed E-state index contributed by atoms with van der Waals surface area (Å²) in [6.07, 6.45) is 12.8. The molecule has 53 heavy (non-hydrogen) atoms. The highest BCUT2D eigenvalue weighted by atomic mass is 35.5. The molecule has 0 aromatic heterocycles. The fourth-order valence-electron chi connectivity index (χ4n) is 6.76. The number of nitrogens with zero attached hydrogens (tertiary/aromatic N) is 2. The largest absolute Gasteiger partial charge is 0.496 e. The van der Waals surface area contributed by atoms with Crippen molar-refractivity contribution in [2.75, 3.05) is 40.4 Å². The molecule has 276 valence electrons. The minimum absolute atomic E-state index is 0.0709. The van der Waals surface area contributed by atoms with Crippen LogP contribution in [0.5, 0.6) is 11.5 Å². The van der Waals surface area contributed by atoms with Crippen molar-refractivity contribution in [3.05, 3.63) is 104 Å². The topological polar surface area (TPSA) is 59.1 Å². The summed E-state index contributed by atoms with van der Waals surface area (Å²) >= 11 is 29.6. The van der Waals surface area contributed by atoms with Crippen LogP contribution in [0.15, 0.2) is 82.6 Å². The van der Waals surface area contributed by atoms with Crippen molar-refractivity contribution in [1.82, 2.24) is 9.80 Å². The lowest BCUT2D eigenvalue weighted by Crippen LogP contribution is -2.34. The van der Waals surface area contributed by atoms with Gasteiger partial charge in [0.15, 0.2) is 0 Å². The third-order valence-electron chi connectivity index (χ3n) is 9.56. The summed E-state index contributed by atoms with van der Waals surface area (Å²) in [6, 6.07) is 19.1. The summed E-state index contributed by atoms with van der Waals surface area (Å²) in [5.74, 6) is 1.12. The maximum atomic E-state index is 13.2. The van der Waals surface area contributed by atoms with Gasteiger partial charge in [0.1, 0.15) is 11.5 Å². The standard InChI is InChI=1S/C42H40Cl4N2O4S/c1-51-33-15-7-5-13-27(33)31-25-35(41(45)39(43)29(31)17-19-37(49)47-21-9-3-10-22-47)53-36-26-32(28-14-6-8-16-34(28)52-2)30(40(44)42(36)46)18-20-38(50)48-23-11-4-12-24-48/h5-8,13-20,25-26H,3-4,9-12,21-24H2,1-2H3. The Morgan fingerprint density at radius 1 is 0.566 bits per heavy atom. The number of benzene rings is 4. The minimum atomic E-state index is -0.0709. The summed E-state index contributed by atoms with van der Waals surface area (Å²) < 4.78 is 11.5. The molecule has 4 aromatic rings. The maximum Gasteiger partial charge on any atom is 0.246 e. The smallest absolute Gasteiger partial charge is 0.246 e. The zero-order valence-corrected chi connectivity index (χ0v) is 33.4. The summed E-state index contributed by atoms with van der Waals surface area (Å²) in [5.41, 5.74) is 4.19. The van der Waals surface area contributed by atoms with E-state index in [0.29, 0.717) is 42.5 Å². The zero-order valence-electron chi connectivity index (χ0n) is 29.6. The number of para-hydroxylation sites is 2. The summed E-state index contributed by atoms with van der Waals surface area (Å²) in [4.78, 5) is 31.3. The Bertz CT molecular complexity index is 1910. The van der Waals surface area contributed by atoms with Gasteiger partial charge in [-0.25, -0.2) is 0 Å². The second kappa shape index (κ2) is 18.2. The summed E-state index contributed by atoms with van der Waals surface area (Å²) in [6.45, 7) is 2.93. The highest BCUT2D eigenvalue weighted by Crippen LogP contribution is 2.50. The summed E-state index contributed by atoms with van der Waals surface area (Å²) in [7, 11) is 3.22. The number of carbonyl (C=O) groups is 2. The number of hydrogen-bond acceptors (Lipinski definition) is 5. The molecule has 0 bridgehead atoms. The van der Waals surface area contributed by atoms with Crippen LogP contribution >= 0.6 is 58.2 Å². The fourth-order valence-corrected chi connectivity index (χ4v) is 8.92. The molecule has 2 saturated heterocycles. The normalized spacial score (nSPS) is 15.0. The van der Waals surface area contributed by atoms with E-state index in [0.717, 1.165) is 87.0 Å². The molecule has 0 spiro atoms. The molecule has 11 heteroatoms. The lowest BCUT2D eigenvalue weighted by molar-refractivity contribution is -0.127. The minimum Gasteiger partial charge on any atom is -0.496 e. The van der Waals surface area contributed by atoms with Crippen LogP contribution < -0.4 is 9.47 Å². The van der Waals surface area contributed by atoms with Gasteiger partial charge in [-0.15, -0.1) is 0 Å². The second-order valence-electron chi connectivity index (χ2n) is 12.9. The van der Waals surface area contributed by atoms with Gasteiger partial charge in [-0.05, 0) is 86.1 Å². The molecule has 0 atom stereocenters. The SMILES string of the molecule is COc1ccccc1-c1cc(Sc2cc(-c3ccccc3OC)c(C=CC(=O)N3CCCCC3)c(Cl)c2Cl)c(Cl)c(Cl)c1C=CC(=O)N1CCCCC1. The van der Waals surface area contributed by atoms with E-state index in [4.69, 9.17) is 55.9 Å². The molecule has 2 heterocycles. The van der Waals surface area contributed by atoms with Gasteiger partial charge in [-0.1, -0.05) is 94.6 Å². The quantitative estimate of drug-likeness (QED) is 0.149. The van der Waals surface area contributed by atoms with Crippen molar-refractivity contribution in [2.45, 2.75) is 48.3 Å². The van der Waals surface area contributed by atoms with Crippen LogP contribution in [0, 0.1) is 0 Å². The molecule has 0 N–H and O–H groups in total. The van der Waals surface area contributed by atoms with E-state index in [9.17, 15) is 9.59 Å². The fraction of sp³-hybridized carbons (Fsp3) is 0.286. The van der Waals surface area contributed by atoms with Crippen molar-refractivity contribution in [2.24, 2.45) is 0 Å². The molecule has 2 amide bonds. The Morgan fingerprint density at radius 2 is 0.943 bits per heavy atom. The monoisotopic (exact) mass is 808 g/mol. The van der Waals surface area contributed by atoms with Gasteiger partial charge in [0.05, 0.1) is 34.3 Å². The lowest BCUT2D eigenvalue weighted by atomic mass is 9.98.